The van der Waals surface area contributed by atoms with Crippen molar-refractivity contribution in [2.24, 2.45) is 46.3 Å². The molecule has 12 atom stereocenters. The van der Waals surface area contributed by atoms with Crippen molar-refractivity contribution in [1.29, 1.82) is 0 Å². The molecule has 2 saturated heterocycles. The van der Waals surface area contributed by atoms with Crippen LogP contribution in [0.2, 0.25) is 0 Å². The highest BCUT2D eigenvalue weighted by molar-refractivity contribution is 7.80. The van der Waals surface area contributed by atoms with Crippen molar-refractivity contribution >= 4 is 16.2 Å². The van der Waals surface area contributed by atoms with Gasteiger partial charge in [-0.3, -0.25) is 9.35 Å². The van der Waals surface area contributed by atoms with Gasteiger partial charge in [0.2, 0.25) is 0 Å². The molecule has 2 N–H and O–H groups in total. The van der Waals surface area contributed by atoms with Gasteiger partial charge in [-0.2, -0.15) is 8.42 Å². The normalized spacial score (nSPS) is 54.4. The first-order valence-electron chi connectivity index (χ1n) is 13.7. The largest absolute Gasteiger partial charge is 0.397 e. The van der Waals surface area contributed by atoms with Crippen molar-refractivity contribution in [2.75, 3.05) is 6.61 Å². The summed E-state index contributed by atoms with van der Waals surface area (Å²) in [6.07, 6.45) is 4.89. The van der Waals surface area contributed by atoms with E-state index in [-0.39, 0.29) is 47.4 Å². The predicted molar refractivity (Wildman–Crippen MR) is 130 cm³/mol. The third kappa shape index (κ3) is 3.49. The molecular weight excluding hydrogens is 484 g/mol. The molecule has 0 aromatic heterocycles. The van der Waals surface area contributed by atoms with E-state index in [9.17, 15) is 22.9 Å². The highest BCUT2D eigenvalue weighted by atomic mass is 32.3. The lowest BCUT2D eigenvalue weighted by atomic mass is 9.46. The number of allylic oxidation sites excluding steroid dienone is 1. The number of hydrogen-bond acceptors (Lipinski definition) is 7. The molecule has 6 aliphatic rings. The molecule has 36 heavy (non-hydrogen) atoms. The van der Waals surface area contributed by atoms with Crippen molar-refractivity contribution in [3.63, 3.8) is 0 Å². The minimum absolute atomic E-state index is 0.0474. The lowest BCUT2D eigenvalue weighted by Crippen LogP contribution is -2.59. The van der Waals surface area contributed by atoms with Crippen LogP contribution in [0, 0.1) is 46.3 Å². The van der Waals surface area contributed by atoms with E-state index in [1.54, 1.807) is 6.08 Å². The summed E-state index contributed by atoms with van der Waals surface area (Å²) in [5, 5.41) is 10.4. The summed E-state index contributed by atoms with van der Waals surface area (Å²) in [4.78, 5) is 13.7. The van der Waals surface area contributed by atoms with Crippen LogP contribution < -0.4 is 0 Å². The van der Waals surface area contributed by atoms with Gasteiger partial charge in [-0.1, -0.05) is 33.3 Å². The number of ether oxygens (including phenoxy) is 2. The molecule has 3 saturated carbocycles. The van der Waals surface area contributed by atoms with E-state index < -0.39 is 33.8 Å². The number of carbonyl (C=O) groups excluding carboxylic acids is 1. The molecule has 0 aromatic rings. The number of ketones is 1. The zero-order chi connectivity index (χ0) is 25.8. The van der Waals surface area contributed by atoms with Gasteiger partial charge in [-0.15, -0.1) is 0 Å². The molecule has 1 spiro atoms. The Morgan fingerprint density at radius 2 is 1.86 bits per heavy atom. The molecule has 0 bridgehead atoms. The molecule has 12 unspecified atom stereocenters. The highest BCUT2D eigenvalue weighted by Gasteiger charge is 2.70. The Morgan fingerprint density at radius 3 is 2.53 bits per heavy atom. The first-order valence-corrected chi connectivity index (χ1v) is 15.1. The summed E-state index contributed by atoms with van der Waals surface area (Å²) in [6, 6.07) is 0. The standard InChI is InChI=1S/C27H40O8S/c1-14-5-8-27(33-13-14)15(2)24-21(34-27)12-19-23-18(6-7-25(19,24)3)26(4)16(10-20(23)29)9-17(28)11-22(26)35-36(30,31)32/h10,14-15,17-19,21-24,28H,5-9,11-13H2,1-4H3,(H,30,31,32). The van der Waals surface area contributed by atoms with Gasteiger partial charge in [0, 0.05) is 30.1 Å². The fourth-order valence-corrected chi connectivity index (χ4v) is 10.3. The van der Waals surface area contributed by atoms with Gasteiger partial charge in [0.25, 0.3) is 0 Å². The Morgan fingerprint density at radius 1 is 1.11 bits per heavy atom. The van der Waals surface area contributed by atoms with E-state index in [1.165, 1.54) is 0 Å². The minimum atomic E-state index is -4.71. The Balaban J connectivity index is 1.34. The van der Waals surface area contributed by atoms with Gasteiger partial charge < -0.3 is 14.6 Å². The lowest BCUT2D eigenvalue weighted by Gasteiger charge is -2.59. The van der Waals surface area contributed by atoms with Crippen molar-refractivity contribution in [3.8, 4) is 0 Å². The van der Waals surface area contributed by atoms with Crippen LogP contribution in [0.1, 0.15) is 72.6 Å². The maximum atomic E-state index is 13.7. The second kappa shape index (κ2) is 8.09. The van der Waals surface area contributed by atoms with Crippen LogP contribution in [-0.2, 0) is 28.9 Å². The smallest absolute Gasteiger partial charge is 0.393 e. The molecule has 9 heteroatoms. The molecule has 0 radical (unpaired) electrons. The quantitative estimate of drug-likeness (QED) is 0.525. The summed E-state index contributed by atoms with van der Waals surface area (Å²) in [7, 11) is -4.71. The van der Waals surface area contributed by atoms with E-state index in [2.05, 4.69) is 20.8 Å². The monoisotopic (exact) mass is 524 g/mol. The maximum Gasteiger partial charge on any atom is 0.397 e. The molecule has 4 aliphatic carbocycles. The van der Waals surface area contributed by atoms with Gasteiger partial charge in [-0.25, -0.2) is 4.18 Å². The molecule has 8 nitrogen and oxygen atoms in total. The van der Waals surface area contributed by atoms with Crippen LogP contribution in [0.5, 0.6) is 0 Å². The van der Waals surface area contributed by atoms with Gasteiger partial charge in [-0.05, 0) is 67.3 Å². The molecule has 2 aliphatic heterocycles. The average molecular weight is 525 g/mol. The van der Waals surface area contributed by atoms with Gasteiger partial charge >= 0.3 is 10.4 Å². The Labute approximate surface area is 214 Å². The number of hydrogen-bond donors (Lipinski definition) is 2. The minimum Gasteiger partial charge on any atom is -0.393 e. The van der Waals surface area contributed by atoms with Crippen molar-refractivity contribution in [3.05, 3.63) is 11.6 Å². The second-order valence-electron chi connectivity index (χ2n) is 13.2. The summed E-state index contributed by atoms with van der Waals surface area (Å²) >= 11 is 0. The van der Waals surface area contributed by atoms with E-state index in [0.29, 0.717) is 18.3 Å². The second-order valence-corrected chi connectivity index (χ2v) is 14.3. The zero-order valence-electron chi connectivity index (χ0n) is 21.7. The highest BCUT2D eigenvalue weighted by Crippen LogP contribution is 2.70. The third-order valence-electron chi connectivity index (χ3n) is 11.5. The number of carbonyl (C=O) groups is 1. The van der Waals surface area contributed by atoms with Crippen molar-refractivity contribution in [2.45, 2.75) is 96.7 Å². The number of fused-ring (bicyclic) bond motifs is 7. The Kier molecular flexibility index (Phi) is 5.71. The van der Waals surface area contributed by atoms with Gasteiger partial charge in [0.15, 0.2) is 11.6 Å². The van der Waals surface area contributed by atoms with Crippen molar-refractivity contribution < 1.29 is 36.5 Å². The fraction of sp³-hybridized carbons (Fsp3) is 0.889. The molecule has 0 aromatic carbocycles. The molecular formula is C27H40O8S. The van der Waals surface area contributed by atoms with Gasteiger partial charge in [0.1, 0.15) is 0 Å². The molecule has 2 heterocycles. The average Bonchev–Trinajstić information content (AvgIpc) is 3.21. The molecule has 202 valence electrons. The summed E-state index contributed by atoms with van der Waals surface area (Å²) in [5.41, 5.74) is -0.0778. The van der Waals surface area contributed by atoms with Crippen LogP contribution in [0.15, 0.2) is 11.6 Å². The summed E-state index contributed by atoms with van der Waals surface area (Å²) in [5.74, 6) is 0.391. The molecule has 0 amide bonds. The predicted octanol–water partition coefficient (Wildman–Crippen LogP) is 3.69. The van der Waals surface area contributed by atoms with Gasteiger partial charge in [0.05, 0.1) is 24.9 Å². The van der Waals surface area contributed by atoms with Crippen LogP contribution in [-0.4, -0.2) is 54.6 Å². The first-order chi connectivity index (χ1) is 16.8. The lowest BCUT2D eigenvalue weighted by molar-refractivity contribution is -0.272. The van der Waals surface area contributed by atoms with E-state index in [4.69, 9.17) is 13.7 Å². The van der Waals surface area contributed by atoms with Crippen LogP contribution in [0.4, 0.5) is 0 Å². The van der Waals surface area contributed by atoms with Crippen LogP contribution >= 0.6 is 0 Å². The SMILES string of the molecule is CC1CCC2(OC1)OC1CC3C4C(=O)C=C5CC(O)CC(OS(=O)(=O)O)C5(C)C4CCC3(C)C1C2C. The molecule has 5 fully saturated rings. The van der Waals surface area contributed by atoms with Crippen LogP contribution in [0.25, 0.3) is 0 Å². The molecule has 6 rings (SSSR count). The van der Waals surface area contributed by atoms with E-state index in [1.807, 2.05) is 6.92 Å². The zero-order valence-corrected chi connectivity index (χ0v) is 22.5. The van der Waals surface area contributed by atoms with Crippen LogP contribution in [0.3, 0.4) is 0 Å². The van der Waals surface area contributed by atoms with E-state index >= 15 is 0 Å². The number of aliphatic hydroxyl groups is 1. The fourth-order valence-electron chi connectivity index (χ4n) is 9.73. The number of aliphatic hydroxyl groups excluding tert-OH is 1. The Bertz CT molecular complexity index is 1080. The summed E-state index contributed by atoms with van der Waals surface area (Å²) in [6.45, 7) is 9.50. The van der Waals surface area contributed by atoms with Crippen molar-refractivity contribution in [1.82, 2.24) is 0 Å². The topological polar surface area (TPSA) is 119 Å². The number of rotatable bonds is 2. The summed E-state index contributed by atoms with van der Waals surface area (Å²) < 4.78 is 51.4. The Hall–Kier alpha value is -0.840. The first kappa shape index (κ1) is 25.4. The maximum absolute atomic E-state index is 13.7. The van der Waals surface area contributed by atoms with E-state index in [0.717, 1.165) is 44.3 Å². The third-order valence-corrected chi connectivity index (χ3v) is 12.0.